The molecule has 0 bridgehead atoms. The zero-order chi connectivity index (χ0) is 12.4. The fourth-order valence-corrected chi connectivity index (χ4v) is 1.50. The number of nitrogens with zero attached hydrogens (tertiary/aromatic N) is 2. The third-order valence-corrected chi connectivity index (χ3v) is 2.65. The van der Waals surface area contributed by atoms with Gasteiger partial charge in [-0.05, 0) is 18.1 Å². The Morgan fingerprint density at radius 2 is 2.00 bits per heavy atom. The van der Waals surface area contributed by atoms with Crippen LogP contribution < -0.4 is 5.73 Å². The largest absolute Gasteiger partial charge is 0.321 e. The van der Waals surface area contributed by atoms with Gasteiger partial charge < -0.3 is 5.73 Å². The van der Waals surface area contributed by atoms with Crippen LogP contribution in [-0.4, -0.2) is 15.2 Å². The highest BCUT2D eigenvalue weighted by molar-refractivity contribution is 5.55. The van der Waals surface area contributed by atoms with Crippen LogP contribution in [0.2, 0.25) is 0 Å². The van der Waals surface area contributed by atoms with Crippen molar-refractivity contribution < 1.29 is 4.39 Å². The molecule has 0 aliphatic heterocycles. The van der Waals surface area contributed by atoms with Gasteiger partial charge in [0.25, 0.3) is 0 Å². The van der Waals surface area contributed by atoms with E-state index in [0.717, 1.165) is 0 Å². The van der Waals surface area contributed by atoms with E-state index >= 15 is 0 Å². The van der Waals surface area contributed by atoms with E-state index in [-0.39, 0.29) is 17.8 Å². The molecule has 90 valence electrons. The van der Waals surface area contributed by atoms with E-state index in [1.807, 2.05) is 13.8 Å². The lowest BCUT2D eigenvalue weighted by Crippen LogP contribution is -2.18. The van der Waals surface area contributed by atoms with Crippen LogP contribution in [0.1, 0.15) is 25.7 Å². The average molecular weight is 234 g/mol. The first-order valence-corrected chi connectivity index (χ1v) is 5.52. The third kappa shape index (κ3) is 2.34. The molecule has 0 amide bonds. The Morgan fingerprint density at radius 1 is 1.29 bits per heavy atom. The van der Waals surface area contributed by atoms with Gasteiger partial charge in [0.1, 0.15) is 11.6 Å². The van der Waals surface area contributed by atoms with Gasteiger partial charge in [-0.15, -0.1) is 0 Å². The highest BCUT2D eigenvalue weighted by Gasteiger charge is 2.16. The van der Waals surface area contributed by atoms with E-state index in [0.29, 0.717) is 17.2 Å². The van der Waals surface area contributed by atoms with Crippen molar-refractivity contribution in [1.82, 2.24) is 15.2 Å². The van der Waals surface area contributed by atoms with Crippen LogP contribution >= 0.6 is 0 Å². The van der Waals surface area contributed by atoms with Gasteiger partial charge >= 0.3 is 0 Å². The molecule has 0 radical (unpaired) electrons. The van der Waals surface area contributed by atoms with Gasteiger partial charge in [0.05, 0.1) is 11.6 Å². The Balaban J connectivity index is 2.34. The fraction of sp³-hybridized carbons (Fsp3) is 0.333. The first-order valence-electron chi connectivity index (χ1n) is 5.52. The number of aromatic nitrogens is 3. The molecule has 0 aliphatic rings. The Bertz CT molecular complexity index is 507. The summed E-state index contributed by atoms with van der Waals surface area (Å²) < 4.78 is 13.5. The highest BCUT2D eigenvalue weighted by atomic mass is 19.1. The van der Waals surface area contributed by atoms with E-state index in [2.05, 4.69) is 15.2 Å². The molecular formula is C12H15FN4. The molecule has 5 heteroatoms. The second-order valence-electron chi connectivity index (χ2n) is 4.29. The van der Waals surface area contributed by atoms with Crippen LogP contribution in [0.5, 0.6) is 0 Å². The number of halogens is 1. The summed E-state index contributed by atoms with van der Waals surface area (Å²) >= 11 is 0. The maximum Gasteiger partial charge on any atom is 0.184 e. The molecule has 0 saturated heterocycles. The number of H-pyrrole nitrogens is 1. The minimum Gasteiger partial charge on any atom is -0.321 e. The summed E-state index contributed by atoms with van der Waals surface area (Å²) in [4.78, 5) is 4.23. The number of aromatic amines is 1. The normalized spacial score (nSPS) is 13.0. The van der Waals surface area contributed by atoms with Crippen LogP contribution in [0.15, 0.2) is 24.3 Å². The van der Waals surface area contributed by atoms with Crippen molar-refractivity contribution in [3.63, 3.8) is 0 Å². The molecular weight excluding hydrogens is 219 g/mol. The average Bonchev–Trinajstić information content (AvgIpc) is 2.77. The number of nitrogens with one attached hydrogen (secondary N) is 1. The second-order valence-corrected chi connectivity index (χ2v) is 4.29. The molecule has 1 aromatic heterocycles. The minimum atomic E-state index is -0.337. The van der Waals surface area contributed by atoms with Crippen molar-refractivity contribution in [3.8, 4) is 11.4 Å². The number of nitrogens with two attached hydrogens (primary N) is 1. The highest BCUT2D eigenvalue weighted by Crippen LogP contribution is 2.21. The van der Waals surface area contributed by atoms with Gasteiger partial charge in [-0.2, -0.15) is 5.10 Å². The summed E-state index contributed by atoms with van der Waals surface area (Å²) in [6.07, 6.45) is 0. The van der Waals surface area contributed by atoms with Gasteiger partial charge in [-0.25, -0.2) is 9.37 Å². The molecule has 4 nitrogen and oxygen atoms in total. The molecule has 17 heavy (non-hydrogen) atoms. The van der Waals surface area contributed by atoms with E-state index in [1.165, 1.54) is 6.07 Å². The number of hydrogen-bond donors (Lipinski definition) is 2. The van der Waals surface area contributed by atoms with E-state index in [4.69, 9.17) is 5.73 Å². The van der Waals surface area contributed by atoms with Gasteiger partial charge in [-0.1, -0.05) is 26.0 Å². The maximum absolute atomic E-state index is 13.5. The van der Waals surface area contributed by atoms with Crippen LogP contribution in [0, 0.1) is 11.7 Å². The number of hydrogen-bond acceptors (Lipinski definition) is 3. The minimum absolute atomic E-state index is 0.219. The zero-order valence-corrected chi connectivity index (χ0v) is 9.81. The van der Waals surface area contributed by atoms with Crippen LogP contribution in [-0.2, 0) is 0 Å². The summed E-state index contributed by atoms with van der Waals surface area (Å²) in [5, 5.41) is 6.75. The first kappa shape index (κ1) is 11.7. The standard InChI is InChI=1S/C12H15FN4/c1-7(2)10(14)12-15-11(16-17-12)8-5-3-4-6-9(8)13/h3-7,10H,14H2,1-2H3,(H,15,16,17)/t10-/m1/s1. The second kappa shape index (κ2) is 4.63. The Labute approximate surface area is 99.1 Å². The topological polar surface area (TPSA) is 67.6 Å². The molecule has 2 aromatic rings. The summed E-state index contributed by atoms with van der Waals surface area (Å²) in [7, 11) is 0. The van der Waals surface area contributed by atoms with Crippen LogP contribution in [0.3, 0.4) is 0 Å². The molecule has 3 N–H and O–H groups in total. The molecule has 2 rings (SSSR count). The number of rotatable bonds is 3. The van der Waals surface area contributed by atoms with Gasteiger partial charge in [-0.3, -0.25) is 5.10 Å². The summed E-state index contributed by atoms with van der Waals surface area (Å²) in [6.45, 7) is 3.99. The Kier molecular flexibility index (Phi) is 3.19. The first-order chi connectivity index (χ1) is 8.09. The lowest BCUT2D eigenvalue weighted by Gasteiger charge is -2.11. The van der Waals surface area contributed by atoms with Crippen molar-refractivity contribution in [2.24, 2.45) is 11.7 Å². The van der Waals surface area contributed by atoms with Gasteiger partial charge in [0.2, 0.25) is 0 Å². The van der Waals surface area contributed by atoms with Crippen molar-refractivity contribution in [2.45, 2.75) is 19.9 Å². The fourth-order valence-electron chi connectivity index (χ4n) is 1.50. The zero-order valence-electron chi connectivity index (χ0n) is 9.81. The Morgan fingerprint density at radius 3 is 2.65 bits per heavy atom. The lowest BCUT2D eigenvalue weighted by molar-refractivity contribution is 0.492. The Hall–Kier alpha value is -1.75. The number of benzene rings is 1. The van der Waals surface area contributed by atoms with E-state index < -0.39 is 0 Å². The van der Waals surface area contributed by atoms with Crippen molar-refractivity contribution in [2.75, 3.05) is 0 Å². The smallest absolute Gasteiger partial charge is 0.184 e. The summed E-state index contributed by atoms with van der Waals surface area (Å²) in [6, 6.07) is 6.18. The summed E-state index contributed by atoms with van der Waals surface area (Å²) in [5.41, 5.74) is 6.32. The van der Waals surface area contributed by atoms with Crippen LogP contribution in [0.25, 0.3) is 11.4 Å². The lowest BCUT2D eigenvalue weighted by atomic mass is 10.1. The quantitative estimate of drug-likeness (QED) is 0.856. The molecule has 1 heterocycles. The molecule has 1 atom stereocenters. The van der Waals surface area contributed by atoms with Crippen molar-refractivity contribution >= 4 is 0 Å². The van der Waals surface area contributed by atoms with Crippen molar-refractivity contribution in [3.05, 3.63) is 35.9 Å². The molecule has 0 saturated carbocycles. The molecule has 0 spiro atoms. The van der Waals surface area contributed by atoms with Crippen LogP contribution in [0.4, 0.5) is 4.39 Å². The van der Waals surface area contributed by atoms with E-state index in [1.54, 1.807) is 18.2 Å². The summed E-state index contributed by atoms with van der Waals surface area (Å²) in [5.74, 6) is 0.833. The molecule has 0 fully saturated rings. The monoisotopic (exact) mass is 234 g/mol. The van der Waals surface area contributed by atoms with Crippen molar-refractivity contribution in [1.29, 1.82) is 0 Å². The molecule has 0 unspecified atom stereocenters. The van der Waals surface area contributed by atoms with E-state index in [9.17, 15) is 4.39 Å². The molecule has 0 aliphatic carbocycles. The molecule has 1 aromatic carbocycles. The SMILES string of the molecule is CC(C)[C@@H](N)c1nc(-c2ccccc2F)n[nH]1. The third-order valence-electron chi connectivity index (χ3n) is 2.65. The maximum atomic E-state index is 13.5. The predicted octanol–water partition coefficient (Wildman–Crippen LogP) is 2.27. The van der Waals surface area contributed by atoms with Gasteiger partial charge in [0, 0.05) is 0 Å². The predicted molar refractivity (Wildman–Crippen MR) is 63.5 cm³/mol. The van der Waals surface area contributed by atoms with Gasteiger partial charge in [0.15, 0.2) is 5.82 Å².